The summed E-state index contributed by atoms with van der Waals surface area (Å²) in [6.45, 7) is 9.24. The number of hydrogen-bond acceptors (Lipinski definition) is 2. The standard InChI is InChI=1S/C16H34N2/c1-15(2)14-18-13-7-12-17-11-6-10-16-8-4-3-5-9-16/h15-18H,3-14H2,1-2H3. The van der Waals surface area contributed by atoms with Crippen LogP contribution in [0.1, 0.15) is 65.2 Å². The number of rotatable bonds is 10. The van der Waals surface area contributed by atoms with Crippen LogP contribution < -0.4 is 10.6 Å². The Morgan fingerprint density at radius 1 is 0.889 bits per heavy atom. The lowest BCUT2D eigenvalue weighted by Gasteiger charge is -2.21. The minimum atomic E-state index is 0.772. The van der Waals surface area contributed by atoms with Crippen LogP contribution in [0, 0.1) is 11.8 Å². The summed E-state index contributed by atoms with van der Waals surface area (Å²) < 4.78 is 0. The van der Waals surface area contributed by atoms with Gasteiger partial charge in [0, 0.05) is 0 Å². The van der Waals surface area contributed by atoms with E-state index in [9.17, 15) is 0 Å². The van der Waals surface area contributed by atoms with Crippen molar-refractivity contribution in [1.82, 2.24) is 10.6 Å². The Kier molecular flexibility index (Phi) is 9.59. The SMILES string of the molecule is CC(C)CNCCCNCCCC1CCCCC1. The smallest absolute Gasteiger partial charge is 0.00258 e. The zero-order valence-electron chi connectivity index (χ0n) is 12.6. The highest BCUT2D eigenvalue weighted by atomic mass is 14.9. The van der Waals surface area contributed by atoms with Gasteiger partial charge >= 0.3 is 0 Å². The van der Waals surface area contributed by atoms with Crippen LogP contribution in [-0.2, 0) is 0 Å². The molecule has 1 aliphatic carbocycles. The molecule has 0 amide bonds. The second-order valence-corrected chi connectivity index (χ2v) is 6.35. The lowest BCUT2D eigenvalue weighted by Crippen LogP contribution is -2.25. The van der Waals surface area contributed by atoms with Crippen molar-refractivity contribution >= 4 is 0 Å². The topological polar surface area (TPSA) is 24.1 Å². The first-order valence-electron chi connectivity index (χ1n) is 8.20. The van der Waals surface area contributed by atoms with Crippen LogP contribution in [0.4, 0.5) is 0 Å². The first kappa shape index (κ1) is 16.0. The van der Waals surface area contributed by atoms with Crippen molar-refractivity contribution in [3.63, 3.8) is 0 Å². The predicted octanol–water partition coefficient (Wildman–Crippen LogP) is 3.57. The predicted molar refractivity (Wildman–Crippen MR) is 81.0 cm³/mol. The Hall–Kier alpha value is -0.0800. The van der Waals surface area contributed by atoms with Crippen LogP contribution in [-0.4, -0.2) is 26.2 Å². The van der Waals surface area contributed by atoms with Crippen LogP contribution in [0.25, 0.3) is 0 Å². The molecule has 2 nitrogen and oxygen atoms in total. The largest absolute Gasteiger partial charge is 0.317 e. The number of hydrogen-bond donors (Lipinski definition) is 2. The first-order chi connectivity index (χ1) is 8.79. The molecule has 0 aliphatic heterocycles. The van der Waals surface area contributed by atoms with Gasteiger partial charge in [-0.3, -0.25) is 0 Å². The molecule has 0 radical (unpaired) electrons. The van der Waals surface area contributed by atoms with Gasteiger partial charge in [-0.05, 0) is 57.3 Å². The maximum absolute atomic E-state index is 3.57. The van der Waals surface area contributed by atoms with E-state index in [2.05, 4.69) is 24.5 Å². The van der Waals surface area contributed by atoms with E-state index in [0.29, 0.717) is 0 Å². The molecule has 1 saturated carbocycles. The summed E-state index contributed by atoms with van der Waals surface area (Å²) in [5, 5.41) is 7.06. The highest BCUT2D eigenvalue weighted by molar-refractivity contribution is 4.66. The molecule has 0 unspecified atom stereocenters. The quantitative estimate of drug-likeness (QED) is 0.582. The monoisotopic (exact) mass is 254 g/mol. The van der Waals surface area contributed by atoms with Crippen molar-refractivity contribution in [2.24, 2.45) is 11.8 Å². The molecule has 0 atom stereocenters. The summed E-state index contributed by atoms with van der Waals surface area (Å²) in [6, 6.07) is 0. The van der Waals surface area contributed by atoms with Crippen LogP contribution in [0.15, 0.2) is 0 Å². The Bertz CT molecular complexity index is 174. The Balaban J connectivity index is 1.75. The van der Waals surface area contributed by atoms with E-state index in [1.165, 1.54) is 64.5 Å². The average molecular weight is 254 g/mol. The third-order valence-corrected chi connectivity index (χ3v) is 3.95. The lowest BCUT2D eigenvalue weighted by atomic mass is 9.86. The number of nitrogens with one attached hydrogen (secondary N) is 2. The first-order valence-corrected chi connectivity index (χ1v) is 8.20. The maximum Gasteiger partial charge on any atom is -0.00258 e. The van der Waals surface area contributed by atoms with Crippen LogP contribution in [0.3, 0.4) is 0 Å². The molecule has 0 aromatic heterocycles. The summed E-state index contributed by atoms with van der Waals surface area (Å²) in [7, 11) is 0. The fraction of sp³-hybridized carbons (Fsp3) is 1.00. The van der Waals surface area contributed by atoms with Crippen LogP contribution in [0.2, 0.25) is 0 Å². The van der Waals surface area contributed by atoms with Crippen molar-refractivity contribution in [3.8, 4) is 0 Å². The fourth-order valence-electron chi connectivity index (χ4n) is 2.85. The molecule has 1 fully saturated rings. The van der Waals surface area contributed by atoms with Gasteiger partial charge < -0.3 is 10.6 Å². The van der Waals surface area contributed by atoms with Gasteiger partial charge in [-0.25, -0.2) is 0 Å². The molecule has 0 bridgehead atoms. The zero-order valence-corrected chi connectivity index (χ0v) is 12.6. The maximum atomic E-state index is 3.57. The molecule has 2 heteroatoms. The Morgan fingerprint density at radius 2 is 1.56 bits per heavy atom. The molecule has 2 N–H and O–H groups in total. The normalized spacial score (nSPS) is 17.5. The molecule has 1 rings (SSSR count). The van der Waals surface area contributed by atoms with Gasteiger partial charge in [0.1, 0.15) is 0 Å². The molecule has 0 heterocycles. The van der Waals surface area contributed by atoms with Crippen molar-refractivity contribution in [2.45, 2.75) is 65.2 Å². The van der Waals surface area contributed by atoms with E-state index in [1.54, 1.807) is 0 Å². The van der Waals surface area contributed by atoms with E-state index in [-0.39, 0.29) is 0 Å². The Morgan fingerprint density at radius 3 is 2.28 bits per heavy atom. The van der Waals surface area contributed by atoms with E-state index in [1.807, 2.05) is 0 Å². The molecule has 18 heavy (non-hydrogen) atoms. The van der Waals surface area contributed by atoms with Gasteiger partial charge in [0.15, 0.2) is 0 Å². The third-order valence-electron chi connectivity index (χ3n) is 3.95. The minimum absolute atomic E-state index is 0.772. The molecule has 108 valence electrons. The van der Waals surface area contributed by atoms with Crippen molar-refractivity contribution in [3.05, 3.63) is 0 Å². The summed E-state index contributed by atoms with van der Waals surface area (Å²) in [6.07, 6.45) is 11.6. The molecule has 0 aromatic rings. The lowest BCUT2D eigenvalue weighted by molar-refractivity contribution is 0.330. The minimum Gasteiger partial charge on any atom is -0.317 e. The zero-order chi connectivity index (χ0) is 13.1. The van der Waals surface area contributed by atoms with Crippen molar-refractivity contribution < 1.29 is 0 Å². The molecule has 0 saturated heterocycles. The average Bonchev–Trinajstić information content (AvgIpc) is 2.37. The van der Waals surface area contributed by atoms with Crippen LogP contribution >= 0.6 is 0 Å². The Labute approximate surface area is 114 Å². The summed E-state index contributed by atoms with van der Waals surface area (Å²) >= 11 is 0. The highest BCUT2D eigenvalue weighted by Crippen LogP contribution is 2.26. The van der Waals surface area contributed by atoms with E-state index in [0.717, 1.165) is 24.9 Å². The van der Waals surface area contributed by atoms with Crippen molar-refractivity contribution in [2.75, 3.05) is 26.2 Å². The van der Waals surface area contributed by atoms with Gasteiger partial charge in [0.2, 0.25) is 0 Å². The molecule has 0 spiro atoms. The molecular weight excluding hydrogens is 220 g/mol. The van der Waals surface area contributed by atoms with E-state index in [4.69, 9.17) is 0 Å². The summed E-state index contributed by atoms with van der Waals surface area (Å²) in [4.78, 5) is 0. The van der Waals surface area contributed by atoms with Gasteiger partial charge in [-0.1, -0.05) is 46.0 Å². The van der Waals surface area contributed by atoms with Gasteiger partial charge in [0.25, 0.3) is 0 Å². The van der Waals surface area contributed by atoms with Gasteiger partial charge in [0.05, 0.1) is 0 Å². The summed E-state index contributed by atoms with van der Waals surface area (Å²) in [5.74, 6) is 1.82. The van der Waals surface area contributed by atoms with E-state index < -0.39 is 0 Å². The second-order valence-electron chi connectivity index (χ2n) is 6.35. The van der Waals surface area contributed by atoms with Gasteiger partial charge in [-0.2, -0.15) is 0 Å². The summed E-state index contributed by atoms with van der Waals surface area (Å²) in [5.41, 5.74) is 0. The second kappa shape index (κ2) is 10.8. The van der Waals surface area contributed by atoms with Crippen molar-refractivity contribution in [1.29, 1.82) is 0 Å². The van der Waals surface area contributed by atoms with E-state index >= 15 is 0 Å². The molecular formula is C16H34N2. The third kappa shape index (κ3) is 8.93. The van der Waals surface area contributed by atoms with Gasteiger partial charge in [-0.15, -0.1) is 0 Å². The highest BCUT2D eigenvalue weighted by Gasteiger charge is 2.12. The van der Waals surface area contributed by atoms with Crippen LogP contribution in [0.5, 0.6) is 0 Å². The molecule has 1 aliphatic rings. The fourth-order valence-corrected chi connectivity index (χ4v) is 2.85. The molecule has 0 aromatic carbocycles.